The third-order valence-electron chi connectivity index (χ3n) is 3.83. The molecule has 0 aliphatic heterocycles. The summed E-state index contributed by atoms with van der Waals surface area (Å²) in [5.41, 5.74) is 2.92. The normalized spacial score (nSPS) is 11.1. The molecule has 0 heterocycles. The molecule has 0 amide bonds. The van der Waals surface area contributed by atoms with Crippen molar-refractivity contribution >= 4 is 34.6 Å². The quantitative estimate of drug-likeness (QED) is 0.282. The number of hydrogen-bond acceptors (Lipinski definition) is 2. The fraction of sp³-hybridized carbons (Fsp3) is 0.350. The smallest absolute Gasteiger partial charge is 0.131 e. The second kappa shape index (κ2) is 9.17. The first kappa shape index (κ1) is 19.7. The van der Waals surface area contributed by atoms with E-state index in [1.807, 2.05) is 38.4 Å². The fourth-order valence-electron chi connectivity index (χ4n) is 2.47. The molecule has 0 aliphatic carbocycles. The monoisotopic (exact) mass is 454 g/mol. The molecule has 0 N–H and O–H groups in total. The fourth-order valence-corrected chi connectivity index (χ4v) is 3.07. The van der Waals surface area contributed by atoms with E-state index < -0.39 is 0 Å². The third kappa shape index (κ3) is 5.70. The van der Waals surface area contributed by atoms with Crippen molar-refractivity contribution in [3.05, 3.63) is 50.8 Å². The van der Waals surface area contributed by atoms with Gasteiger partial charge in [0, 0.05) is 22.7 Å². The van der Waals surface area contributed by atoms with Gasteiger partial charge in [0.2, 0.25) is 0 Å². The molecule has 2 rings (SSSR count). The molecule has 0 fully saturated rings. The topological polar surface area (TPSA) is 24.8 Å². The van der Waals surface area contributed by atoms with Crippen molar-refractivity contribution in [2.24, 2.45) is 4.99 Å². The van der Waals surface area contributed by atoms with Crippen molar-refractivity contribution in [2.45, 2.75) is 34.1 Å². The number of halogens is 2. The molecular formula is C20H24FIN2O. The number of benzene rings is 2. The summed E-state index contributed by atoms with van der Waals surface area (Å²) in [5, 5.41) is 0. The highest BCUT2D eigenvalue weighted by Crippen LogP contribution is 2.32. The molecule has 0 saturated heterocycles. The molecule has 2 aromatic carbocycles. The van der Waals surface area contributed by atoms with Gasteiger partial charge in [-0.15, -0.1) is 0 Å². The maximum atomic E-state index is 13.5. The summed E-state index contributed by atoms with van der Waals surface area (Å²) in [5.74, 6) is 0.926. The standard InChI is InChI=1S/C20H24FIN2O/c1-5-7-24(6-2)13-23-19-8-15(4)20(9-14(19)3)25-18-11-16(21)10-17(22)12-18/h8-13H,5-7H2,1-4H3. The van der Waals surface area contributed by atoms with Gasteiger partial charge < -0.3 is 9.64 Å². The van der Waals surface area contributed by atoms with E-state index in [-0.39, 0.29) is 5.82 Å². The lowest BCUT2D eigenvalue weighted by Crippen LogP contribution is -2.21. The summed E-state index contributed by atoms with van der Waals surface area (Å²) in [4.78, 5) is 6.81. The Kier molecular flexibility index (Phi) is 7.23. The van der Waals surface area contributed by atoms with E-state index in [2.05, 4.69) is 46.3 Å². The van der Waals surface area contributed by atoms with Crippen LogP contribution in [0.5, 0.6) is 11.5 Å². The molecular weight excluding hydrogens is 430 g/mol. The summed E-state index contributed by atoms with van der Waals surface area (Å²) in [6.45, 7) is 10.2. The average Bonchev–Trinajstić information content (AvgIpc) is 2.54. The number of hydrogen-bond donors (Lipinski definition) is 0. The number of aliphatic imine (C=N–C) groups is 1. The van der Waals surface area contributed by atoms with Crippen LogP contribution in [0.25, 0.3) is 0 Å². The van der Waals surface area contributed by atoms with E-state index in [1.54, 1.807) is 0 Å². The summed E-state index contributed by atoms with van der Waals surface area (Å²) >= 11 is 2.08. The van der Waals surface area contributed by atoms with Gasteiger partial charge in [0.05, 0.1) is 12.0 Å². The van der Waals surface area contributed by atoms with Crippen LogP contribution in [-0.4, -0.2) is 24.3 Å². The lowest BCUT2D eigenvalue weighted by molar-refractivity contribution is 0.452. The zero-order valence-corrected chi connectivity index (χ0v) is 17.3. The van der Waals surface area contributed by atoms with Crippen LogP contribution >= 0.6 is 22.6 Å². The van der Waals surface area contributed by atoms with E-state index in [1.165, 1.54) is 12.1 Å². The van der Waals surface area contributed by atoms with Crippen LogP contribution in [0.15, 0.2) is 35.3 Å². The Labute approximate surface area is 163 Å². The molecule has 0 atom stereocenters. The average molecular weight is 454 g/mol. The largest absolute Gasteiger partial charge is 0.457 e. The maximum Gasteiger partial charge on any atom is 0.131 e. The van der Waals surface area contributed by atoms with Gasteiger partial charge >= 0.3 is 0 Å². The molecule has 3 nitrogen and oxygen atoms in total. The van der Waals surface area contributed by atoms with Crippen molar-refractivity contribution in [3.63, 3.8) is 0 Å². The van der Waals surface area contributed by atoms with Crippen LogP contribution in [0.1, 0.15) is 31.4 Å². The van der Waals surface area contributed by atoms with Crippen LogP contribution in [0, 0.1) is 23.2 Å². The van der Waals surface area contributed by atoms with Gasteiger partial charge in [-0.2, -0.15) is 0 Å². The SMILES string of the molecule is CCCN(C=Nc1cc(C)c(Oc2cc(F)cc(I)c2)cc1C)CC. The number of aryl methyl sites for hydroxylation is 2. The summed E-state index contributed by atoms with van der Waals surface area (Å²) in [6.07, 6.45) is 3.00. The van der Waals surface area contributed by atoms with Crippen molar-refractivity contribution in [1.29, 1.82) is 0 Å². The number of nitrogens with zero attached hydrogens (tertiary/aromatic N) is 2. The lowest BCUT2D eigenvalue weighted by Gasteiger charge is -2.16. The minimum atomic E-state index is -0.298. The molecule has 0 aliphatic rings. The molecule has 0 bridgehead atoms. The van der Waals surface area contributed by atoms with Gasteiger partial charge in [-0.3, -0.25) is 0 Å². The van der Waals surface area contributed by atoms with Crippen LogP contribution in [-0.2, 0) is 0 Å². The Hall–Kier alpha value is -1.63. The molecule has 2 aromatic rings. The van der Waals surface area contributed by atoms with Crippen LogP contribution in [0.2, 0.25) is 0 Å². The van der Waals surface area contributed by atoms with Crippen LogP contribution in [0.3, 0.4) is 0 Å². The first-order valence-corrected chi connectivity index (χ1v) is 9.54. The highest BCUT2D eigenvalue weighted by Gasteiger charge is 2.08. The molecule has 5 heteroatoms. The first-order chi connectivity index (χ1) is 11.9. The van der Waals surface area contributed by atoms with E-state index in [0.29, 0.717) is 5.75 Å². The Morgan fingerprint density at radius 1 is 1.12 bits per heavy atom. The third-order valence-corrected chi connectivity index (χ3v) is 4.46. The molecule has 0 unspecified atom stereocenters. The molecule has 0 spiro atoms. The molecule has 0 radical (unpaired) electrons. The minimum absolute atomic E-state index is 0.298. The first-order valence-electron chi connectivity index (χ1n) is 8.46. The van der Waals surface area contributed by atoms with Crippen molar-refractivity contribution in [1.82, 2.24) is 4.90 Å². The van der Waals surface area contributed by atoms with Gasteiger partial charge in [-0.25, -0.2) is 9.38 Å². The Bertz CT molecular complexity index is 741. The van der Waals surface area contributed by atoms with Crippen molar-refractivity contribution in [3.8, 4) is 11.5 Å². The van der Waals surface area contributed by atoms with Crippen molar-refractivity contribution < 1.29 is 9.13 Å². The second-order valence-electron chi connectivity index (χ2n) is 5.98. The van der Waals surface area contributed by atoms with E-state index >= 15 is 0 Å². The molecule has 25 heavy (non-hydrogen) atoms. The molecule has 0 aromatic heterocycles. The Balaban J connectivity index is 2.23. The molecule has 0 saturated carbocycles. The summed E-state index contributed by atoms with van der Waals surface area (Å²) < 4.78 is 20.2. The predicted octanol–water partition coefficient (Wildman–Crippen LogP) is 6.23. The van der Waals surface area contributed by atoms with Crippen LogP contribution in [0.4, 0.5) is 10.1 Å². The van der Waals surface area contributed by atoms with Gasteiger partial charge in [-0.05, 0) is 85.2 Å². The van der Waals surface area contributed by atoms with Gasteiger partial charge in [-0.1, -0.05) is 6.92 Å². The Morgan fingerprint density at radius 3 is 2.52 bits per heavy atom. The maximum absolute atomic E-state index is 13.5. The summed E-state index contributed by atoms with van der Waals surface area (Å²) in [7, 11) is 0. The highest BCUT2D eigenvalue weighted by molar-refractivity contribution is 14.1. The number of ether oxygens (including phenoxy) is 1. The van der Waals surface area contributed by atoms with Gasteiger partial charge in [0.15, 0.2) is 0 Å². The lowest BCUT2D eigenvalue weighted by atomic mass is 10.1. The van der Waals surface area contributed by atoms with Crippen LogP contribution < -0.4 is 4.74 Å². The minimum Gasteiger partial charge on any atom is -0.457 e. The van der Waals surface area contributed by atoms with Crippen molar-refractivity contribution in [2.75, 3.05) is 13.1 Å². The predicted molar refractivity (Wildman–Crippen MR) is 111 cm³/mol. The van der Waals surface area contributed by atoms with E-state index in [0.717, 1.165) is 45.6 Å². The second-order valence-corrected chi connectivity index (χ2v) is 7.23. The van der Waals surface area contributed by atoms with E-state index in [4.69, 9.17) is 4.74 Å². The summed E-state index contributed by atoms with van der Waals surface area (Å²) in [6, 6.07) is 8.64. The van der Waals surface area contributed by atoms with E-state index in [9.17, 15) is 4.39 Å². The highest BCUT2D eigenvalue weighted by atomic mass is 127. The zero-order valence-electron chi connectivity index (χ0n) is 15.1. The molecule has 134 valence electrons. The van der Waals surface area contributed by atoms with Gasteiger partial charge in [0.1, 0.15) is 17.3 Å². The number of rotatable bonds is 7. The van der Waals surface area contributed by atoms with Gasteiger partial charge in [0.25, 0.3) is 0 Å². The zero-order chi connectivity index (χ0) is 18.4. The Morgan fingerprint density at radius 2 is 1.88 bits per heavy atom.